The Bertz CT molecular complexity index is 614. The number of amides is 1. The van der Waals surface area contributed by atoms with E-state index in [2.05, 4.69) is 25.7 Å². The number of nitrogens with zero attached hydrogens (tertiary/aromatic N) is 3. The van der Waals surface area contributed by atoms with Crippen LogP contribution in [0.25, 0.3) is 0 Å². The van der Waals surface area contributed by atoms with E-state index in [-0.39, 0.29) is 11.7 Å². The highest BCUT2D eigenvalue weighted by atomic mass is 35.5. The smallest absolute Gasteiger partial charge is 0.250 e. The molecule has 8 heteroatoms. The van der Waals surface area contributed by atoms with Gasteiger partial charge in [-0.25, -0.2) is 10.4 Å². The average molecular weight is 310 g/mol. The molecule has 20 heavy (non-hydrogen) atoms. The molecule has 0 bridgehead atoms. The van der Waals surface area contributed by atoms with Crippen molar-refractivity contribution in [1.82, 2.24) is 20.6 Å². The zero-order chi connectivity index (χ0) is 14.4. The quantitative estimate of drug-likeness (QED) is 0.503. The summed E-state index contributed by atoms with van der Waals surface area (Å²) in [5.41, 5.74) is 3.91. The zero-order valence-corrected chi connectivity index (χ0v) is 12.2. The highest BCUT2D eigenvalue weighted by Gasteiger charge is 2.06. The molecule has 2 N–H and O–H groups in total. The fraction of sp³-hybridized carbons (Fsp3) is 0.167. The van der Waals surface area contributed by atoms with Crippen molar-refractivity contribution in [2.24, 2.45) is 5.10 Å². The monoisotopic (exact) mass is 309 g/mol. The molecule has 0 aliphatic carbocycles. The number of halogens is 1. The van der Waals surface area contributed by atoms with E-state index in [1.165, 1.54) is 18.1 Å². The number of benzene rings is 1. The number of rotatable bonds is 5. The Labute approximate surface area is 125 Å². The molecule has 104 valence electrons. The minimum absolute atomic E-state index is 0.203. The van der Waals surface area contributed by atoms with E-state index in [0.717, 1.165) is 5.56 Å². The largest absolute Gasteiger partial charge is 0.272 e. The van der Waals surface area contributed by atoms with E-state index in [0.29, 0.717) is 15.9 Å². The lowest BCUT2D eigenvalue weighted by Gasteiger charge is -2.04. The SMILES string of the molecule is C/C(=N\NC(=O)CSc1ncn[nH]1)c1ccccc1Cl. The molecule has 0 aliphatic rings. The first-order valence-electron chi connectivity index (χ1n) is 5.73. The van der Waals surface area contributed by atoms with E-state index in [4.69, 9.17) is 11.6 Å². The van der Waals surface area contributed by atoms with Crippen molar-refractivity contribution in [1.29, 1.82) is 0 Å². The summed E-state index contributed by atoms with van der Waals surface area (Å²) in [6.45, 7) is 1.78. The fourth-order valence-electron chi connectivity index (χ4n) is 1.39. The Morgan fingerprint density at radius 1 is 1.50 bits per heavy atom. The lowest BCUT2D eigenvalue weighted by atomic mass is 10.1. The van der Waals surface area contributed by atoms with Crippen LogP contribution in [0, 0.1) is 0 Å². The van der Waals surface area contributed by atoms with E-state index in [1.54, 1.807) is 13.0 Å². The summed E-state index contributed by atoms with van der Waals surface area (Å²) in [7, 11) is 0. The molecule has 6 nitrogen and oxygen atoms in total. The van der Waals surface area contributed by atoms with Gasteiger partial charge in [-0.2, -0.15) is 10.2 Å². The van der Waals surface area contributed by atoms with Crippen LogP contribution in [0.2, 0.25) is 5.02 Å². The third-order valence-electron chi connectivity index (χ3n) is 2.34. The van der Waals surface area contributed by atoms with Crippen molar-refractivity contribution in [2.75, 3.05) is 5.75 Å². The second-order valence-electron chi connectivity index (χ2n) is 3.79. The Morgan fingerprint density at radius 2 is 2.30 bits per heavy atom. The molecule has 0 atom stereocenters. The van der Waals surface area contributed by atoms with Gasteiger partial charge in [0.15, 0.2) is 5.16 Å². The van der Waals surface area contributed by atoms with Crippen molar-refractivity contribution in [3.63, 3.8) is 0 Å². The molecular weight excluding hydrogens is 298 g/mol. The van der Waals surface area contributed by atoms with E-state index < -0.39 is 0 Å². The van der Waals surface area contributed by atoms with Crippen LogP contribution in [0.3, 0.4) is 0 Å². The molecule has 0 fully saturated rings. The van der Waals surface area contributed by atoms with Gasteiger partial charge in [0.1, 0.15) is 6.33 Å². The Balaban J connectivity index is 1.88. The van der Waals surface area contributed by atoms with Crippen LogP contribution in [0.15, 0.2) is 40.9 Å². The molecule has 1 amide bonds. The molecular formula is C12H12ClN5OS. The molecule has 0 aliphatic heterocycles. The molecule has 0 saturated carbocycles. The second-order valence-corrected chi connectivity index (χ2v) is 5.16. The molecule has 2 rings (SSSR count). The molecule has 1 heterocycles. The number of aromatic nitrogens is 3. The van der Waals surface area contributed by atoms with Crippen LogP contribution in [0.1, 0.15) is 12.5 Å². The summed E-state index contributed by atoms with van der Waals surface area (Å²) in [6, 6.07) is 7.32. The standard InChI is InChI=1S/C12H12ClN5OS/c1-8(9-4-2-3-5-10(9)13)16-17-11(19)6-20-12-14-7-15-18-12/h2-5,7H,6H2,1H3,(H,17,19)(H,14,15,18)/b16-8+. The van der Waals surface area contributed by atoms with Crippen molar-refractivity contribution < 1.29 is 4.79 Å². The lowest BCUT2D eigenvalue weighted by Crippen LogP contribution is -2.21. The predicted octanol–water partition coefficient (Wildman–Crippen LogP) is 2.09. The van der Waals surface area contributed by atoms with Gasteiger partial charge >= 0.3 is 0 Å². The molecule has 1 aromatic heterocycles. The highest BCUT2D eigenvalue weighted by Crippen LogP contribution is 2.15. The number of H-pyrrole nitrogens is 1. The minimum Gasteiger partial charge on any atom is -0.272 e. The summed E-state index contributed by atoms with van der Waals surface area (Å²) < 4.78 is 0. The van der Waals surface area contributed by atoms with Crippen molar-refractivity contribution >= 4 is 35.0 Å². The number of nitrogens with one attached hydrogen (secondary N) is 2. The summed E-state index contributed by atoms with van der Waals surface area (Å²) in [4.78, 5) is 15.5. The van der Waals surface area contributed by atoms with E-state index in [9.17, 15) is 4.79 Å². The Morgan fingerprint density at radius 3 is 3.00 bits per heavy atom. The van der Waals surface area contributed by atoms with Gasteiger partial charge in [-0.05, 0) is 13.0 Å². The van der Waals surface area contributed by atoms with Crippen molar-refractivity contribution in [3.05, 3.63) is 41.2 Å². The number of hydrogen-bond donors (Lipinski definition) is 2. The molecule has 0 spiro atoms. The van der Waals surface area contributed by atoms with Gasteiger partial charge in [-0.15, -0.1) is 0 Å². The number of carbonyl (C=O) groups is 1. The maximum absolute atomic E-state index is 11.6. The van der Waals surface area contributed by atoms with Gasteiger partial charge in [0, 0.05) is 10.6 Å². The van der Waals surface area contributed by atoms with Gasteiger partial charge < -0.3 is 0 Å². The van der Waals surface area contributed by atoms with Gasteiger partial charge in [0.25, 0.3) is 5.91 Å². The first kappa shape index (κ1) is 14.5. The van der Waals surface area contributed by atoms with Crippen LogP contribution in [0.4, 0.5) is 0 Å². The Hall–Kier alpha value is -1.86. The molecule has 1 aromatic carbocycles. The normalized spacial score (nSPS) is 11.4. The summed E-state index contributed by atoms with van der Waals surface area (Å²) in [5, 5.41) is 11.6. The molecule has 0 radical (unpaired) electrons. The maximum atomic E-state index is 11.6. The third kappa shape index (κ3) is 4.07. The topological polar surface area (TPSA) is 83.0 Å². The Kier molecular flexibility index (Phi) is 5.14. The molecule has 0 unspecified atom stereocenters. The maximum Gasteiger partial charge on any atom is 0.250 e. The third-order valence-corrected chi connectivity index (χ3v) is 3.55. The lowest BCUT2D eigenvalue weighted by molar-refractivity contribution is -0.118. The summed E-state index contributed by atoms with van der Waals surface area (Å²) in [6.07, 6.45) is 1.39. The molecule has 2 aromatic rings. The molecule has 0 saturated heterocycles. The van der Waals surface area contributed by atoms with Crippen LogP contribution in [-0.4, -0.2) is 32.6 Å². The number of thioether (sulfide) groups is 1. The fourth-order valence-corrected chi connectivity index (χ4v) is 2.23. The van der Waals surface area contributed by atoms with Crippen LogP contribution in [-0.2, 0) is 4.79 Å². The highest BCUT2D eigenvalue weighted by molar-refractivity contribution is 7.99. The summed E-state index contributed by atoms with van der Waals surface area (Å²) >= 11 is 7.30. The van der Waals surface area contributed by atoms with E-state index in [1.807, 2.05) is 18.2 Å². The predicted molar refractivity (Wildman–Crippen MR) is 78.9 cm³/mol. The summed E-state index contributed by atoms with van der Waals surface area (Å²) in [5.74, 6) is -0.0214. The first-order chi connectivity index (χ1) is 9.66. The minimum atomic E-state index is -0.224. The van der Waals surface area contributed by atoms with Gasteiger partial charge in [-0.1, -0.05) is 41.6 Å². The van der Waals surface area contributed by atoms with Gasteiger partial charge in [0.2, 0.25) is 0 Å². The van der Waals surface area contributed by atoms with Crippen LogP contribution < -0.4 is 5.43 Å². The zero-order valence-electron chi connectivity index (χ0n) is 10.6. The van der Waals surface area contributed by atoms with Gasteiger partial charge in [-0.3, -0.25) is 9.89 Å². The van der Waals surface area contributed by atoms with Crippen molar-refractivity contribution in [2.45, 2.75) is 12.1 Å². The number of aromatic amines is 1. The first-order valence-corrected chi connectivity index (χ1v) is 7.09. The van der Waals surface area contributed by atoms with Crippen molar-refractivity contribution in [3.8, 4) is 0 Å². The van der Waals surface area contributed by atoms with Gasteiger partial charge in [0.05, 0.1) is 11.5 Å². The number of hydrogen-bond acceptors (Lipinski definition) is 5. The van der Waals surface area contributed by atoms with Crippen LogP contribution >= 0.6 is 23.4 Å². The van der Waals surface area contributed by atoms with E-state index >= 15 is 0 Å². The number of carbonyl (C=O) groups excluding carboxylic acids is 1. The average Bonchev–Trinajstić information content (AvgIpc) is 2.96. The second kappa shape index (κ2) is 7.06. The number of hydrazone groups is 1. The van der Waals surface area contributed by atoms with Crippen LogP contribution in [0.5, 0.6) is 0 Å².